The van der Waals surface area contributed by atoms with E-state index in [-0.39, 0.29) is 28.3 Å². The van der Waals surface area contributed by atoms with Crippen LogP contribution >= 0.6 is 0 Å². The van der Waals surface area contributed by atoms with E-state index in [1.165, 1.54) is 35.5 Å². The first-order valence-electron chi connectivity index (χ1n) is 10.8. The fourth-order valence-corrected chi connectivity index (χ4v) is 5.42. The van der Waals surface area contributed by atoms with E-state index in [0.29, 0.717) is 24.3 Å². The summed E-state index contributed by atoms with van der Waals surface area (Å²) >= 11 is 0. The van der Waals surface area contributed by atoms with Gasteiger partial charge in [-0.3, -0.25) is 4.79 Å². The molecule has 178 valence electrons. The lowest BCUT2D eigenvalue weighted by Gasteiger charge is -2.16. The summed E-state index contributed by atoms with van der Waals surface area (Å²) in [5.74, 6) is -1.87. The van der Waals surface area contributed by atoms with Crippen molar-refractivity contribution < 1.29 is 32.3 Å². The number of Topliss-reactive ketones (excluding diaryl/α,β-unsaturated/α-hetero) is 1. The number of nitrogens with one attached hydrogen (secondary N) is 1. The molecule has 1 aliphatic heterocycles. The van der Waals surface area contributed by atoms with E-state index >= 15 is 0 Å². The second kappa shape index (κ2) is 9.88. The predicted molar refractivity (Wildman–Crippen MR) is 120 cm³/mol. The highest BCUT2D eigenvalue weighted by Gasteiger charge is 2.30. The molecule has 2 aromatic rings. The summed E-state index contributed by atoms with van der Waals surface area (Å²) in [4.78, 5) is 40.6. The summed E-state index contributed by atoms with van der Waals surface area (Å²) in [6.07, 6.45) is 0.440. The summed E-state index contributed by atoms with van der Waals surface area (Å²) in [6.45, 7) is 7.48. The van der Waals surface area contributed by atoms with Crippen LogP contribution in [0.2, 0.25) is 0 Å². The van der Waals surface area contributed by atoms with Gasteiger partial charge in [0.2, 0.25) is 15.8 Å². The molecule has 0 radical (unpaired) electrons. The molecule has 0 unspecified atom stereocenters. The number of hydrogen-bond donors (Lipinski definition) is 1. The molecular weight excluding hydrogens is 448 g/mol. The molecular formula is C23H28N2O7S. The Morgan fingerprint density at radius 1 is 1.12 bits per heavy atom. The Balaban J connectivity index is 1.77. The Kier molecular flexibility index (Phi) is 7.38. The number of ether oxygens (including phenoxy) is 2. The van der Waals surface area contributed by atoms with Crippen molar-refractivity contribution in [3.8, 4) is 0 Å². The van der Waals surface area contributed by atoms with E-state index in [0.717, 1.165) is 12.8 Å². The first-order chi connectivity index (χ1) is 15.6. The van der Waals surface area contributed by atoms with Gasteiger partial charge in [-0.25, -0.2) is 18.0 Å². The first kappa shape index (κ1) is 24.7. The SMILES string of the molecule is CCOC(=O)c1c(C)[nH]c(C(=O)[C@@H](C)OC(=O)c2cccc(S(=O)(=O)N3CCCC3)c2)c1C. The Hall–Kier alpha value is -2.98. The number of rotatable bonds is 8. The summed E-state index contributed by atoms with van der Waals surface area (Å²) in [6, 6.07) is 5.60. The van der Waals surface area contributed by atoms with E-state index < -0.39 is 33.8 Å². The van der Waals surface area contributed by atoms with Crippen molar-refractivity contribution in [1.29, 1.82) is 0 Å². The maximum absolute atomic E-state index is 12.9. The maximum Gasteiger partial charge on any atom is 0.340 e. The van der Waals surface area contributed by atoms with Crippen LogP contribution in [0.15, 0.2) is 29.2 Å². The molecule has 9 nitrogen and oxygen atoms in total. The monoisotopic (exact) mass is 476 g/mol. The van der Waals surface area contributed by atoms with E-state index in [1.54, 1.807) is 20.8 Å². The van der Waals surface area contributed by atoms with Gasteiger partial charge in [0.15, 0.2) is 6.10 Å². The molecule has 0 aliphatic carbocycles. The molecule has 0 bridgehead atoms. The van der Waals surface area contributed by atoms with Crippen LogP contribution in [0, 0.1) is 13.8 Å². The second-order valence-electron chi connectivity index (χ2n) is 7.90. The number of H-pyrrole nitrogens is 1. The van der Waals surface area contributed by atoms with Crippen molar-refractivity contribution in [2.45, 2.75) is 51.5 Å². The van der Waals surface area contributed by atoms with Gasteiger partial charge in [-0.1, -0.05) is 6.07 Å². The van der Waals surface area contributed by atoms with E-state index in [2.05, 4.69) is 4.98 Å². The van der Waals surface area contributed by atoms with Crippen molar-refractivity contribution in [2.24, 2.45) is 0 Å². The minimum absolute atomic E-state index is 0.00717. The van der Waals surface area contributed by atoms with Gasteiger partial charge < -0.3 is 14.5 Å². The number of benzene rings is 1. The largest absolute Gasteiger partial charge is 0.462 e. The molecule has 0 spiro atoms. The molecule has 3 rings (SSSR count). The molecule has 1 aromatic carbocycles. The number of esters is 2. The summed E-state index contributed by atoms with van der Waals surface area (Å²) in [7, 11) is -3.69. The number of sulfonamides is 1. The molecule has 1 aliphatic rings. The van der Waals surface area contributed by atoms with Crippen molar-refractivity contribution >= 4 is 27.7 Å². The van der Waals surface area contributed by atoms with Gasteiger partial charge in [-0.15, -0.1) is 0 Å². The number of aromatic amines is 1. The van der Waals surface area contributed by atoms with Gasteiger partial charge in [0.05, 0.1) is 28.3 Å². The van der Waals surface area contributed by atoms with Crippen molar-refractivity contribution in [2.75, 3.05) is 19.7 Å². The highest BCUT2D eigenvalue weighted by Crippen LogP contribution is 2.23. The van der Waals surface area contributed by atoms with Gasteiger partial charge in [-0.2, -0.15) is 4.31 Å². The van der Waals surface area contributed by atoms with Crippen LogP contribution in [0.1, 0.15) is 69.2 Å². The zero-order chi connectivity index (χ0) is 24.3. The van der Waals surface area contributed by atoms with Gasteiger partial charge >= 0.3 is 11.9 Å². The van der Waals surface area contributed by atoms with Crippen LogP contribution in [-0.4, -0.2) is 61.2 Å². The maximum atomic E-state index is 12.9. The standard InChI is InChI=1S/C23H28N2O7S/c1-5-31-23(28)19-14(2)20(24-15(19)3)21(26)16(4)32-22(27)17-9-8-10-18(13-17)33(29,30)25-11-6-7-12-25/h8-10,13,16,24H,5-7,11-12H2,1-4H3/t16-/m1/s1. The summed E-state index contributed by atoms with van der Waals surface area (Å²) < 4.78 is 37.3. The third-order valence-corrected chi connectivity index (χ3v) is 7.48. The minimum atomic E-state index is -3.69. The molecule has 1 aromatic heterocycles. The average Bonchev–Trinajstić information content (AvgIpc) is 3.42. The van der Waals surface area contributed by atoms with Crippen LogP contribution in [0.4, 0.5) is 0 Å². The number of aromatic nitrogens is 1. The van der Waals surface area contributed by atoms with Gasteiger partial charge in [0, 0.05) is 18.8 Å². The third-order valence-electron chi connectivity index (χ3n) is 5.59. The Labute approximate surface area is 193 Å². The highest BCUT2D eigenvalue weighted by atomic mass is 32.2. The highest BCUT2D eigenvalue weighted by molar-refractivity contribution is 7.89. The molecule has 1 atom stereocenters. The number of nitrogens with zero attached hydrogens (tertiary/aromatic N) is 1. The fraction of sp³-hybridized carbons (Fsp3) is 0.435. The number of aryl methyl sites for hydroxylation is 1. The summed E-state index contributed by atoms with van der Waals surface area (Å²) in [5.41, 5.74) is 1.35. The number of hydrogen-bond acceptors (Lipinski definition) is 7. The molecule has 2 heterocycles. The number of carbonyl (C=O) groups excluding carboxylic acids is 3. The minimum Gasteiger partial charge on any atom is -0.462 e. The van der Waals surface area contributed by atoms with Crippen LogP contribution < -0.4 is 0 Å². The zero-order valence-corrected chi connectivity index (χ0v) is 20.0. The van der Waals surface area contributed by atoms with Crippen LogP contribution in [0.25, 0.3) is 0 Å². The Bertz CT molecular complexity index is 1180. The van der Waals surface area contributed by atoms with E-state index in [9.17, 15) is 22.8 Å². The lowest BCUT2D eigenvalue weighted by Crippen LogP contribution is -2.28. The average molecular weight is 477 g/mol. The number of carbonyl (C=O) groups is 3. The lowest BCUT2D eigenvalue weighted by atomic mass is 10.1. The van der Waals surface area contributed by atoms with Crippen molar-refractivity contribution in [1.82, 2.24) is 9.29 Å². The van der Waals surface area contributed by atoms with Gasteiger partial charge in [0.1, 0.15) is 0 Å². The van der Waals surface area contributed by atoms with Crippen molar-refractivity contribution in [3.05, 3.63) is 52.3 Å². The molecule has 1 saturated heterocycles. The van der Waals surface area contributed by atoms with Gasteiger partial charge in [-0.05, 0) is 64.3 Å². The normalized spacial score (nSPS) is 15.3. The third kappa shape index (κ3) is 5.01. The topological polar surface area (TPSA) is 123 Å². The molecule has 0 amide bonds. The summed E-state index contributed by atoms with van der Waals surface area (Å²) in [5, 5.41) is 0. The van der Waals surface area contributed by atoms with Crippen LogP contribution in [0.3, 0.4) is 0 Å². The predicted octanol–water partition coefficient (Wildman–Crippen LogP) is 3.02. The van der Waals surface area contributed by atoms with E-state index in [1.807, 2.05) is 0 Å². The van der Waals surface area contributed by atoms with Crippen LogP contribution in [0.5, 0.6) is 0 Å². The molecule has 1 N–H and O–H groups in total. The van der Waals surface area contributed by atoms with Crippen LogP contribution in [-0.2, 0) is 19.5 Å². The Morgan fingerprint density at radius 2 is 1.79 bits per heavy atom. The molecule has 1 fully saturated rings. The second-order valence-corrected chi connectivity index (χ2v) is 9.83. The molecule has 33 heavy (non-hydrogen) atoms. The van der Waals surface area contributed by atoms with Gasteiger partial charge in [0.25, 0.3) is 0 Å². The zero-order valence-electron chi connectivity index (χ0n) is 19.1. The smallest absolute Gasteiger partial charge is 0.340 e. The molecule has 10 heteroatoms. The molecule has 0 saturated carbocycles. The fourth-order valence-electron chi connectivity index (χ4n) is 3.85. The Morgan fingerprint density at radius 3 is 2.42 bits per heavy atom. The first-order valence-corrected chi connectivity index (χ1v) is 12.2. The quantitative estimate of drug-likeness (QED) is 0.459. The number of ketones is 1. The lowest BCUT2D eigenvalue weighted by molar-refractivity contribution is 0.0316. The van der Waals surface area contributed by atoms with E-state index in [4.69, 9.17) is 9.47 Å². The van der Waals surface area contributed by atoms with Crippen molar-refractivity contribution in [3.63, 3.8) is 0 Å².